The van der Waals surface area contributed by atoms with Crippen molar-refractivity contribution in [2.24, 2.45) is 0 Å². The first-order valence-corrected chi connectivity index (χ1v) is 7.50. The topological polar surface area (TPSA) is 0 Å². The van der Waals surface area contributed by atoms with Crippen LogP contribution in [-0.4, -0.2) is 0 Å². The van der Waals surface area contributed by atoms with Crippen LogP contribution < -0.4 is 0 Å². The number of halogens is 1. The quantitative estimate of drug-likeness (QED) is 0.715. The molecule has 0 amide bonds. The standard InChI is InChI=1S/C11H12.ClH.Zr/c1-2-6-10(5-1)9-11-7-3-4-8-11;;/h1-5,7H,6,8-9H2;1H;/q;;+1/p-1. The van der Waals surface area contributed by atoms with Crippen molar-refractivity contribution in [2.45, 2.75) is 19.3 Å². The monoisotopic (exact) mass is 269 g/mol. The summed E-state index contributed by atoms with van der Waals surface area (Å²) in [6, 6.07) is 0. The fourth-order valence-electron chi connectivity index (χ4n) is 1.54. The molecule has 0 atom stereocenters. The molecule has 0 saturated heterocycles. The molecule has 0 fully saturated rings. The third-order valence-corrected chi connectivity index (χ3v) is 2.15. The molecular weight excluding hydrogens is 259 g/mol. The normalized spacial score (nSPS) is 17.8. The summed E-state index contributed by atoms with van der Waals surface area (Å²) in [5.41, 5.74) is 3.11. The van der Waals surface area contributed by atoms with Gasteiger partial charge in [0, 0.05) is 0 Å². The number of hydrogen-bond acceptors (Lipinski definition) is 0. The summed E-state index contributed by atoms with van der Waals surface area (Å²) in [6.45, 7) is 0. The van der Waals surface area contributed by atoms with E-state index in [0.717, 1.165) is 36.4 Å². The van der Waals surface area contributed by atoms with Crippen molar-refractivity contribution in [3.63, 3.8) is 0 Å². The molecule has 0 nitrogen and oxygen atoms in total. The van der Waals surface area contributed by atoms with E-state index in [0.29, 0.717) is 0 Å². The fourth-order valence-corrected chi connectivity index (χ4v) is 1.54. The Kier molecular flexibility index (Phi) is 5.66. The van der Waals surface area contributed by atoms with Crippen LogP contribution in [0.3, 0.4) is 0 Å². The van der Waals surface area contributed by atoms with E-state index in [-0.39, 0.29) is 0 Å². The van der Waals surface area contributed by atoms with Gasteiger partial charge < -0.3 is 0 Å². The van der Waals surface area contributed by atoms with E-state index in [2.05, 4.69) is 36.5 Å². The summed E-state index contributed by atoms with van der Waals surface area (Å²) in [6.07, 6.45) is 16.7. The summed E-state index contributed by atoms with van der Waals surface area (Å²) in [7, 11) is 4.73. The first-order valence-electron chi connectivity index (χ1n) is 4.33. The molecule has 0 heterocycles. The molecule has 0 spiro atoms. The number of allylic oxidation sites excluding steroid dienone is 8. The molecule has 0 aromatic carbocycles. The third-order valence-electron chi connectivity index (χ3n) is 2.15. The van der Waals surface area contributed by atoms with Gasteiger partial charge in [-0.3, -0.25) is 0 Å². The van der Waals surface area contributed by atoms with Crippen LogP contribution in [0.1, 0.15) is 19.3 Å². The van der Waals surface area contributed by atoms with Crippen LogP contribution in [0.15, 0.2) is 47.6 Å². The molecule has 2 aliphatic rings. The molecule has 0 radical (unpaired) electrons. The van der Waals surface area contributed by atoms with E-state index in [1.807, 2.05) is 0 Å². The minimum atomic E-state index is 1.02. The van der Waals surface area contributed by atoms with Gasteiger partial charge in [0.15, 0.2) is 0 Å². The molecule has 2 rings (SSSR count). The van der Waals surface area contributed by atoms with Crippen molar-refractivity contribution in [1.82, 2.24) is 0 Å². The van der Waals surface area contributed by atoms with Crippen LogP contribution in [0, 0.1) is 0 Å². The molecule has 0 aliphatic heterocycles. The Hall–Kier alpha value is 0.133. The predicted octanol–water partition coefficient (Wildman–Crippen LogP) is 3.84. The molecule has 2 heteroatoms. The second kappa shape index (κ2) is 6.57. The Morgan fingerprint density at radius 2 is 1.46 bits per heavy atom. The van der Waals surface area contributed by atoms with Crippen LogP contribution in [0.5, 0.6) is 0 Å². The summed E-state index contributed by atoms with van der Waals surface area (Å²) < 4.78 is 0. The van der Waals surface area contributed by atoms with Crippen molar-refractivity contribution < 1.29 is 23.5 Å². The molecule has 0 aromatic rings. The van der Waals surface area contributed by atoms with Crippen LogP contribution >= 0.6 is 8.51 Å². The Balaban J connectivity index is 0.000000396. The molecule has 13 heavy (non-hydrogen) atoms. The fraction of sp³-hybridized carbons (Fsp3) is 0.273. The molecule has 67 valence electrons. The van der Waals surface area contributed by atoms with E-state index >= 15 is 0 Å². The van der Waals surface area contributed by atoms with Crippen molar-refractivity contribution in [1.29, 1.82) is 0 Å². The van der Waals surface area contributed by atoms with Gasteiger partial charge in [0.1, 0.15) is 0 Å². The van der Waals surface area contributed by atoms with Gasteiger partial charge in [0.25, 0.3) is 0 Å². The van der Waals surface area contributed by atoms with Crippen molar-refractivity contribution >= 4 is 8.51 Å². The molecule has 0 aromatic heterocycles. The van der Waals surface area contributed by atoms with Gasteiger partial charge >= 0.3 is 32.0 Å². The Morgan fingerprint density at radius 1 is 1.00 bits per heavy atom. The number of hydrogen-bond donors (Lipinski definition) is 0. The third kappa shape index (κ3) is 3.79. The van der Waals surface area contributed by atoms with E-state index in [9.17, 15) is 0 Å². The van der Waals surface area contributed by atoms with Crippen LogP contribution in [0.4, 0.5) is 0 Å². The van der Waals surface area contributed by atoms with Crippen molar-refractivity contribution in [2.75, 3.05) is 0 Å². The minimum absolute atomic E-state index is 1.02. The van der Waals surface area contributed by atoms with E-state index < -0.39 is 0 Å². The van der Waals surface area contributed by atoms with Gasteiger partial charge in [-0.25, -0.2) is 0 Å². The average molecular weight is 271 g/mol. The molecule has 0 saturated carbocycles. The maximum atomic E-state index is 4.73. The second-order valence-electron chi connectivity index (χ2n) is 3.09. The van der Waals surface area contributed by atoms with Gasteiger partial charge in [-0.1, -0.05) is 47.6 Å². The summed E-state index contributed by atoms with van der Waals surface area (Å²) in [5.74, 6) is 0. The first kappa shape index (κ1) is 11.2. The zero-order chi connectivity index (χ0) is 9.52. The van der Waals surface area contributed by atoms with Crippen molar-refractivity contribution in [3.8, 4) is 0 Å². The Morgan fingerprint density at radius 3 is 1.77 bits per heavy atom. The van der Waals surface area contributed by atoms with Gasteiger partial charge in [-0.05, 0) is 19.3 Å². The first-order chi connectivity index (χ1) is 6.45. The Bertz CT molecular complexity index is 244. The zero-order valence-corrected chi connectivity index (χ0v) is 10.7. The predicted molar refractivity (Wildman–Crippen MR) is 54.2 cm³/mol. The molecule has 0 N–H and O–H groups in total. The Labute approximate surface area is 98.4 Å². The molecule has 2 aliphatic carbocycles. The SMILES string of the molecule is C1=CCC(CC2=CC=CC2)=C1.[Cl][Zr]. The van der Waals surface area contributed by atoms with E-state index in [1.165, 1.54) is 6.42 Å². The molecule has 0 unspecified atom stereocenters. The van der Waals surface area contributed by atoms with Crippen molar-refractivity contribution in [3.05, 3.63) is 47.6 Å². The van der Waals surface area contributed by atoms with Crippen LogP contribution in [0.2, 0.25) is 0 Å². The van der Waals surface area contributed by atoms with Gasteiger partial charge in [-0.15, -0.1) is 0 Å². The summed E-state index contributed by atoms with van der Waals surface area (Å²) in [5, 5.41) is 0. The molecular formula is C11H12ClZr. The van der Waals surface area contributed by atoms with Crippen LogP contribution in [-0.2, 0) is 23.5 Å². The average Bonchev–Trinajstić information content (AvgIpc) is 2.81. The summed E-state index contributed by atoms with van der Waals surface area (Å²) >= 11 is 1.02. The van der Waals surface area contributed by atoms with Crippen LogP contribution in [0.25, 0.3) is 0 Å². The molecule has 0 bridgehead atoms. The summed E-state index contributed by atoms with van der Waals surface area (Å²) in [4.78, 5) is 0. The second-order valence-corrected chi connectivity index (χ2v) is 3.09. The van der Waals surface area contributed by atoms with E-state index in [4.69, 9.17) is 8.51 Å². The maximum absolute atomic E-state index is 4.73. The van der Waals surface area contributed by atoms with Gasteiger partial charge in [-0.2, -0.15) is 0 Å². The van der Waals surface area contributed by atoms with Gasteiger partial charge in [0.2, 0.25) is 0 Å². The zero-order valence-electron chi connectivity index (χ0n) is 7.46. The number of rotatable bonds is 2. The van der Waals surface area contributed by atoms with Gasteiger partial charge in [0.05, 0.1) is 0 Å². The van der Waals surface area contributed by atoms with E-state index in [1.54, 1.807) is 11.1 Å².